The first-order valence-corrected chi connectivity index (χ1v) is 5.53. The van der Waals surface area contributed by atoms with Crippen molar-refractivity contribution in [1.29, 1.82) is 0 Å². The van der Waals surface area contributed by atoms with Crippen LogP contribution in [0.2, 0.25) is 0 Å². The highest BCUT2D eigenvalue weighted by Gasteiger charge is 2.08. The normalized spacial score (nSPS) is 11.8. The third-order valence-electron chi connectivity index (χ3n) is 2.54. The topological polar surface area (TPSA) is 75.1 Å². The van der Waals surface area contributed by atoms with Gasteiger partial charge in [0.2, 0.25) is 0 Å². The van der Waals surface area contributed by atoms with Crippen molar-refractivity contribution in [1.82, 2.24) is 9.97 Å². The number of carboxylic acids is 1. The van der Waals surface area contributed by atoms with Gasteiger partial charge in [0.25, 0.3) is 0 Å². The summed E-state index contributed by atoms with van der Waals surface area (Å²) in [5.41, 5.74) is 1.09. The first kappa shape index (κ1) is 12.0. The molecule has 2 N–H and O–H groups in total. The van der Waals surface area contributed by atoms with Gasteiger partial charge in [-0.3, -0.25) is 4.98 Å². The van der Waals surface area contributed by atoms with Gasteiger partial charge in [-0.05, 0) is 36.8 Å². The summed E-state index contributed by atoms with van der Waals surface area (Å²) in [4.78, 5) is 18.8. The van der Waals surface area contributed by atoms with Crippen LogP contribution in [-0.2, 0) is 0 Å². The average molecular weight is 243 g/mol. The number of nitrogens with zero attached hydrogens (tertiary/aromatic N) is 2. The van der Waals surface area contributed by atoms with E-state index in [9.17, 15) is 4.79 Å². The molecule has 0 bridgehead atoms. The van der Waals surface area contributed by atoms with Crippen LogP contribution in [0.5, 0.6) is 0 Å². The van der Waals surface area contributed by atoms with E-state index >= 15 is 0 Å². The molecule has 0 fully saturated rings. The molecule has 2 rings (SSSR count). The van der Waals surface area contributed by atoms with Gasteiger partial charge in [0.15, 0.2) is 5.69 Å². The largest absolute Gasteiger partial charge is 0.477 e. The highest BCUT2D eigenvalue weighted by Crippen LogP contribution is 2.16. The quantitative estimate of drug-likeness (QED) is 0.862. The second kappa shape index (κ2) is 5.27. The summed E-state index contributed by atoms with van der Waals surface area (Å²) < 4.78 is 0. The van der Waals surface area contributed by atoms with Crippen molar-refractivity contribution in [2.24, 2.45) is 0 Å². The molecule has 2 aromatic heterocycles. The van der Waals surface area contributed by atoms with Crippen LogP contribution in [0.3, 0.4) is 0 Å². The Kier molecular flexibility index (Phi) is 3.52. The van der Waals surface area contributed by atoms with Crippen LogP contribution in [0.15, 0.2) is 42.7 Å². The Hall–Kier alpha value is -2.43. The maximum absolute atomic E-state index is 10.8. The van der Waals surface area contributed by atoms with Gasteiger partial charge in [-0.25, -0.2) is 9.78 Å². The minimum Gasteiger partial charge on any atom is -0.477 e. The van der Waals surface area contributed by atoms with Crippen LogP contribution < -0.4 is 5.32 Å². The highest BCUT2D eigenvalue weighted by atomic mass is 16.4. The summed E-state index contributed by atoms with van der Waals surface area (Å²) in [6, 6.07) is 8.70. The summed E-state index contributed by atoms with van der Waals surface area (Å²) in [6.45, 7) is 1.98. The predicted octanol–water partition coefficient (Wildman–Crippen LogP) is 2.35. The Labute approximate surface area is 105 Å². The lowest BCUT2D eigenvalue weighted by molar-refractivity contribution is 0.0690. The molecule has 18 heavy (non-hydrogen) atoms. The van der Waals surface area contributed by atoms with Crippen LogP contribution in [0.25, 0.3) is 0 Å². The Morgan fingerprint density at radius 3 is 2.67 bits per heavy atom. The number of hydrogen-bond donors (Lipinski definition) is 2. The molecule has 0 saturated carbocycles. The molecule has 0 radical (unpaired) electrons. The number of aromatic nitrogens is 2. The van der Waals surface area contributed by atoms with Gasteiger partial charge in [0.05, 0.1) is 6.04 Å². The summed E-state index contributed by atoms with van der Waals surface area (Å²) in [7, 11) is 0. The Morgan fingerprint density at radius 2 is 2.00 bits per heavy atom. The van der Waals surface area contributed by atoms with Crippen LogP contribution in [0.4, 0.5) is 5.82 Å². The van der Waals surface area contributed by atoms with Crippen LogP contribution in [-0.4, -0.2) is 21.0 Å². The van der Waals surface area contributed by atoms with E-state index in [0.717, 1.165) is 5.56 Å². The fourth-order valence-electron chi connectivity index (χ4n) is 1.59. The lowest BCUT2D eigenvalue weighted by Gasteiger charge is -2.14. The lowest BCUT2D eigenvalue weighted by atomic mass is 10.1. The van der Waals surface area contributed by atoms with Crippen LogP contribution in [0, 0.1) is 0 Å². The van der Waals surface area contributed by atoms with Crippen LogP contribution in [0.1, 0.15) is 29.0 Å². The van der Waals surface area contributed by atoms with Gasteiger partial charge in [-0.2, -0.15) is 0 Å². The molecule has 0 saturated heterocycles. The van der Waals surface area contributed by atoms with Gasteiger partial charge in [0, 0.05) is 12.4 Å². The summed E-state index contributed by atoms with van der Waals surface area (Å²) in [5.74, 6) is -0.491. The molecule has 5 nitrogen and oxygen atoms in total. The number of rotatable bonds is 4. The molecule has 1 atom stereocenters. The van der Waals surface area contributed by atoms with E-state index in [1.165, 1.54) is 6.07 Å². The molecule has 1 unspecified atom stereocenters. The van der Waals surface area contributed by atoms with E-state index in [1.54, 1.807) is 24.5 Å². The second-order valence-electron chi connectivity index (χ2n) is 3.86. The number of nitrogens with one attached hydrogen (secondary N) is 1. The Balaban J connectivity index is 2.14. The molecule has 0 aliphatic heterocycles. The molecule has 0 aromatic carbocycles. The fourth-order valence-corrected chi connectivity index (χ4v) is 1.59. The van der Waals surface area contributed by atoms with Gasteiger partial charge >= 0.3 is 5.97 Å². The maximum Gasteiger partial charge on any atom is 0.354 e. The van der Waals surface area contributed by atoms with E-state index in [2.05, 4.69) is 15.3 Å². The molecule has 2 aromatic rings. The van der Waals surface area contributed by atoms with E-state index in [4.69, 9.17) is 5.11 Å². The predicted molar refractivity (Wildman–Crippen MR) is 67.5 cm³/mol. The minimum atomic E-state index is -1.03. The Morgan fingerprint density at radius 1 is 1.28 bits per heavy atom. The van der Waals surface area contributed by atoms with Gasteiger partial charge in [0.1, 0.15) is 5.82 Å². The van der Waals surface area contributed by atoms with E-state index in [0.29, 0.717) is 5.82 Å². The van der Waals surface area contributed by atoms with Crippen molar-refractivity contribution in [3.8, 4) is 0 Å². The number of hydrogen-bond acceptors (Lipinski definition) is 4. The van der Waals surface area contributed by atoms with Crippen molar-refractivity contribution < 1.29 is 9.90 Å². The molecular weight excluding hydrogens is 230 g/mol. The van der Waals surface area contributed by atoms with Crippen LogP contribution >= 0.6 is 0 Å². The molecular formula is C13H13N3O2. The van der Waals surface area contributed by atoms with Gasteiger partial charge in [-0.1, -0.05) is 6.07 Å². The summed E-state index contributed by atoms with van der Waals surface area (Å²) >= 11 is 0. The smallest absolute Gasteiger partial charge is 0.354 e. The third kappa shape index (κ3) is 2.82. The van der Waals surface area contributed by atoms with E-state index in [-0.39, 0.29) is 11.7 Å². The minimum absolute atomic E-state index is 0.0296. The van der Waals surface area contributed by atoms with E-state index in [1.807, 2.05) is 19.1 Å². The zero-order valence-corrected chi connectivity index (χ0v) is 9.87. The van der Waals surface area contributed by atoms with Crippen molar-refractivity contribution in [2.75, 3.05) is 5.32 Å². The first-order valence-electron chi connectivity index (χ1n) is 5.53. The van der Waals surface area contributed by atoms with Crippen molar-refractivity contribution in [3.05, 3.63) is 54.0 Å². The van der Waals surface area contributed by atoms with E-state index < -0.39 is 5.97 Å². The Bertz CT molecular complexity index is 543. The number of aromatic carboxylic acids is 1. The number of carbonyl (C=O) groups is 1. The maximum atomic E-state index is 10.8. The SMILES string of the molecule is CC(Nc1cccc(C(=O)O)n1)c1ccncc1. The monoisotopic (exact) mass is 243 g/mol. The molecule has 0 aliphatic carbocycles. The van der Waals surface area contributed by atoms with Crippen molar-refractivity contribution >= 4 is 11.8 Å². The number of pyridine rings is 2. The zero-order valence-electron chi connectivity index (χ0n) is 9.87. The standard InChI is InChI=1S/C13H13N3O2/c1-9(10-5-7-14-8-6-10)15-12-4-2-3-11(16-12)13(17)18/h2-9H,1H3,(H,15,16)(H,17,18). The highest BCUT2D eigenvalue weighted by molar-refractivity contribution is 5.85. The number of anilines is 1. The van der Waals surface area contributed by atoms with Crippen molar-refractivity contribution in [3.63, 3.8) is 0 Å². The molecule has 5 heteroatoms. The molecule has 0 aliphatic rings. The molecule has 2 heterocycles. The van der Waals surface area contributed by atoms with Crippen molar-refractivity contribution in [2.45, 2.75) is 13.0 Å². The lowest BCUT2D eigenvalue weighted by Crippen LogP contribution is -2.09. The first-order chi connectivity index (χ1) is 8.66. The second-order valence-corrected chi connectivity index (χ2v) is 3.86. The average Bonchev–Trinajstić information content (AvgIpc) is 2.40. The molecule has 0 spiro atoms. The third-order valence-corrected chi connectivity index (χ3v) is 2.54. The summed E-state index contributed by atoms with van der Waals surface area (Å²) in [6.07, 6.45) is 3.43. The zero-order chi connectivity index (χ0) is 13.0. The molecule has 92 valence electrons. The number of carboxylic acid groups (broad SMARTS) is 1. The van der Waals surface area contributed by atoms with Gasteiger partial charge in [-0.15, -0.1) is 0 Å². The molecule has 0 amide bonds. The fraction of sp³-hybridized carbons (Fsp3) is 0.154. The van der Waals surface area contributed by atoms with Gasteiger partial charge < -0.3 is 10.4 Å². The summed E-state index contributed by atoms with van der Waals surface area (Å²) in [5, 5.41) is 12.0.